The number of rotatable bonds is 5. The molecule has 106 valence electrons. The highest BCUT2D eigenvalue weighted by Gasteiger charge is 2.17. The van der Waals surface area contributed by atoms with E-state index in [1.165, 1.54) is 48.9 Å². The second kappa shape index (κ2) is 6.95. The first-order valence-electron chi connectivity index (χ1n) is 7.68. The number of likely N-dealkylation sites (N-methyl/N-ethyl adjacent to an activating group) is 1. The lowest BCUT2D eigenvalue weighted by Gasteiger charge is -2.31. The Hall–Kier alpha value is -1.02. The largest absolute Gasteiger partial charge is 0.384 e. The molecule has 0 spiro atoms. The second-order valence-electron chi connectivity index (χ2n) is 6.02. The molecule has 2 rings (SSSR count). The number of benzene rings is 1. The van der Waals surface area contributed by atoms with Gasteiger partial charge in [-0.25, -0.2) is 0 Å². The van der Waals surface area contributed by atoms with Crippen LogP contribution in [0.1, 0.15) is 43.2 Å². The molecule has 19 heavy (non-hydrogen) atoms. The van der Waals surface area contributed by atoms with Crippen molar-refractivity contribution in [1.82, 2.24) is 4.90 Å². The van der Waals surface area contributed by atoms with Crippen LogP contribution in [0, 0.1) is 13.8 Å². The van der Waals surface area contributed by atoms with Crippen molar-refractivity contribution in [3.63, 3.8) is 0 Å². The number of nitrogens with one attached hydrogen (secondary N) is 1. The van der Waals surface area contributed by atoms with Crippen molar-refractivity contribution in [3.05, 3.63) is 29.3 Å². The summed E-state index contributed by atoms with van der Waals surface area (Å²) in [6.45, 7) is 6.50. The van der Waals surface area contributed by atoms with Crippen LogP contribution in [0.4, 0.5) is 5.69 Å². The zero-order valence-corrected chi connectivity index (χ0v) is 12.7. The smallest absolute Gasteiger partial charge is 0.0372 e. The fourth-order valence-electron chi connectivity index (χ4n) is 3.00. The zero-order chi connectivity index (χ0) is 13.7. The van der Waals surface area contributed by atoms with Gasteiger partial charge in [-0.05, 0) is 50.9 Å². The fraction of sp³-hybridized carbons (Fsp3) is 0.647. The molecule has 0 heterocycles. The van der Waals surface area contributed by atoms with Crippen LogP contribution in [0.15, 0.2) is 18.2 Å². The van der Waals surface area contributed by atoms with Gasteiger partial charge in [0.05, 0.1) is 0 Å². The Morgan fingerprint density at radius 1 is 1.16 bits per heavy atom. The Morgan fingerprint density at radius 2 is 1.89 bits per heavy atom. The summed E-state index contributed by atoms with van der Waals surface area (Å²) < 4.78 is 0. The van der Waals surface area contributed by atoms with Gasteiger partial charge in [0, 0.05) is 24.8 Å². The summed E-state index contributed by atoms with van der Waals surface area (Å²) in [5.41, 5.74) is 3.96. The number of aryl methyl sites for hydroxylation is 2. The Balaban J connectivity index is 1.77. The van der Waals surface area contributed by atoms with Gasteiger partial charge in [-0.1, -0.05) is 31.4 Å². The van der Waals surface area contributed by atoms with Gasteiger partial charge in [0.15, 0.2) is 0 Å². The number of hydrogen-bond donors (Lipinski definition) is 1. The molecular weight excluding hydrogens is 232 g/mol. The molecule has 0 amide bonds. The van der Waals surface area contributed by atoms with Crippen LogP contribution < -0.4 is 5.32 Å². The predicted molar refractivity (Wildman–Crippen MR) is 83.9 cm³/mol. The van der Waals surface area contributed by atoms with E-state index in [0.29, 0.717) is 0 Å². The van der Waals surface area contributed by atoms with E-state index in [0.717, 1.165) is 19.1 Å². The van der Waals surface area contributed by atoms with Gasteiger partial charge in [0.25, 0.3) is 0 Å². The van der Waals surface area contributed by atoms with E-state index in [1.807, 2.05) is 0 Å². The van der Waals surface area contributed by atoms with Crippen LogP contribution >= 0.6 is 0 Å². The van der Waals surface area contributed by atoms with Crippen LogP contribution in [-0.2, 0) is 0 Å². The van der Waals surface area contributed by atoms with Gasteiger partial charge in [-0.15, -0.1) is 0 Å². The molecule has 0 atom stereocenters. The van der Waals surface area contributed by atoms with Gasteiger partial charge in [-0.2, -0.15) is 0 Å². The van der Waals surface area contributed by atoms with Crippen molar-refractivity contribution in [2.45, 2.75) is 52.0 Å². The Kier molecular flexibility index (Phi) is 5.26. The minimum Gasteiger partial charge on any atom is -0.384 e. The molecule has 0 saturated heterocycles. The molecule has 1 saturated carbocycles. The maximum absolute atomic E-state index is 3.58. The van der Waals surface area contributed by atoms with Gasteiger partial charge >= 0.3 is 0 Å². The van der Waals surface area contributed by atoms with Crippen molar-refractivity contribution in [1.29, 1.82) is 0 Å². The third-order valence-corrected chi connectivity index (χ3v) is 4.37. The third kappa shape index (κ3) is 4.24. The molecule has 1 fully saturated rings. The Labute approximate surface area is 118 Å². The standard InChI is InChI=1S/C17H28N2/c1-14-9-10-15(2)17(13-14)18-11-12-19(3)16-7-5-4-6-8-16/h9-10,13,16,18H,4-8,11-12H2,1-3H3. The van der Waals surface area contributed by atoms with E-state index in [9.17, 15) is 0 Å². The number of hydrogen-bond acceptors (Lipinski definition) is 2. The van der Waals surface area contributed by atoms with E-state index in [4.69, 9.17) is 0 Å². The van der Waals surface area contributed by atoms with Gasteiger partial charge in [0.1, 0.15) is 0 Å². The SMILES string of the molecule is Cc1ccc(C)c(NCCN(C)C2CCCCC2)c1. The van der Waals surface area contributed by atoms with Crippen LogP contribution in [0.25, 0.3) is 0 Å². The first-order chi connectivity index (χ1) is 9.16. The van der Waals surface area contributed by atoms with Crippen LogP contribution in [0.5, 0.6) is 0 Å². The predicted octanol–water partition coefficient (Wildman–Crippen LogP) is 3.98. The van der Waals surface area contributed by atoms with E-state index >= 15 is 0 Å². The molecule has 0 bridgehead atoms. The maximum Gasteiger partial charge on any atom is 0.0372 e. The second-order valence-corrected chi connectivity index (χ2v) is 6.02. The third-order valence-electron chi connectivity index (χ3n) is 4.37. The van der Waals surface area contributed by atoms with Crippen molar-refractivity contribution in [2.24, 2.45) is 0 Å². The monoisotopic (exact) mass is 260 g/mol. The summed E-state index contributed by atoms with van der Waals surface area (Å²) in [5, 5.41) is 3.58. The lowest BCUT2D eigenvalue weighted by molar-refractivity contribution is 0.198. The Bertz CT molecular complexity index is 394. The molecule has 2 nitrogen and oxygen atoms in total. The first kappa shape index (κ1) is 14.4. The molecule has 0 radical (unpaired) electrons. The van der Waals surface area contributed by atoms with Crippen molar-refractivity contribution < 1.29 is 0 Å². The minimum absolute atomic E-state index is 0.814. The summed E-state index contributed by atoms with van der Waals surface area (Å²) in [6.07, 6.45) is 7.05. The molecule has 0 aliphatic heterocycles. The van der Waals surface area contributed by atoms with E-state index < -0.39 is 0 Å². The molecule has 0 aromatic heterocycles. The molecule has 1 N–H and O–H groups in total. The van der Waals surface area contributed by atoms with E-state index in [2.05, 4.69) is 49.3 Å². The molecule has 1 aliphatic rings. The number of nitrogens with zero attached hydrogens (tertiary/aromatic N) is 1. The molecular formula is C17H28N2. The summed E-state index contributed by atoms with van der Waals surface area (Å²) in [7, 11) is 2.28. The van der Waals surface area contributed by atoms with Crippen LogP contribution in [-0.4, -0.2) is 31.1 Å². The molecule has 0 unspecified atom stereocenters. The Morgan fingerprint density at radius 3 is 2.63 bits per heavy atom. The molecule has 1 aliphatic carbocycles. The summed E-state index contributed by atoms with van der Waals surface area (Å²) in [6, 6.07) is 7.43. The van der Waals surface area contributed by atoms with E-state index in [1.54, 1.807) is 0 Å². The zero-order valence-electron chi connectivity index (χ0n) is 12.7. The van der Waals surface area contributed by atoms with Crippen molar-refractivity contribution in [3.8, 4) is 0 Å². The maximum atomic E-state index is 3.58. The normalized spacial score (nSPS) is 16.8. The average molecular weight is 260 g/mol. The van der Waals surface area contributed by atoms with Gasteiger partial charge < -0.3 is 10.2 Å². The van der Waals surface area contributed by atoms with Crippen LogP contribution in [0.3, 0.4) is 0 Å². The minimum atomic E-state index is 0.814. The van der Waals surface area contributed by atoms with E-state index in [-0.39, 0.29) is 0 Å². The van der Waals surface area contributed by atoms with Crippen molar-refractivity contribution >= 4 is 5.69 Å². The summed E-state index contributed by atoms with van der Waals surface area (Å²) in [5.74, 6) is 0. The van der Waals surface area contributed by atoms with Gasteiger partial charge in [-0.3, -0.25) is 0 Å². The lowest BCUT2D eigenvalue weighted by atomic mass is 9.94. The summed E-state index contributed by atoms with van der Waals surface area (Å²) >= 11 is 0. The van der Waals surface area contributed by atoms with Crippen molar-refractivity contribution in [2.75, 3.05) is 25.5 Å². The average Bonchev–Trinajstić information content (AvgIpc) is 2.43. The molecule has 2 heteroatoms. The first-order valence-corrected chi connectivity index (χ1v) is 7.68. The highest BCUT2D eigenvalue weighted by Crippen LogP contribution is 2.21. The number of anilines is 1. The fourth-order valence-corrected chi connectivity index (χ4v) is 3.00. The van der Waals surface area contributed by atoms with Gasteiger partial charge in [0.2, 0.25) is 0 Å². The topological polar surface area (TPSA) is 15.3 Å². The highest BCUT2D eigenvalue weighted by molar-refractivity contribution is 5.52. The van der Waals surface area contributed by atoms with Crippen LogP contribution in [0.2, 0.25) is 0 Å². The lowest BCUT2D eigenvalue weighted by Crippen LogP contribution is -2.36. The highest BCUT2D eigenvalue weighted by atomic mass is 15.1. The molecule has 1 aromatic carbocycles. The summed E-state index contributed by atoms with van der Waals surface area (Å²) in [4.78, 5) is 2.54. The quantitative estimate of drug-likeness (QED) is 0.861. The molecule has 1 aromatic rings.